The molecule has 0 fully saturated rings. The first kappa shape index (κ1) is 20.5. The number of benzene rings is 2. The highest BCUT2D eigenvalue weighted by molar-refractivity contribution is 6.08. The van der Waals surface area contributed by atoms with Crippen molar-refractivity contribution in [1.82, 2.24) is 9.55 Å². The van der Waals surface area contributed by atoms with Crippen LogP contribution in [0.25, 0.3) is 22.6 Å². The molecule has 7 nitrogen and oxygen atoms in total. The van der Waals surface area contributed by atoms with Crippen LogP contribution in [0.15, 0.2) is 47.3 Å². The topological polar surface area (TPSA) is 101 Å². The molecule has 1 aliphatic heterocycles. The zero-order valence-electron chi connectivity index (χ0n) is 17.6. The Morgan fingerprint density at radius 2 is 1.97 bits per heavy atom. The molecule has 1 amide bonds. The van der Waals surface area contributed by atoms with Crippen LogP contribution in [0, 0.1) is 12.3 Å². The molecule has 2 heterocycles. The number of anilines is 1. The molecule has 0 aliphatic carbocycles. The highest BCUT2D eigenvalue weighted by atomic mass is 16.4. The van der Waals surface area contributed by atoms with Crippen LogP contribution in [0.4, 0.5) is 5.69 Å². The van der Waals surface area contributed by atoms with E-state index in [0.717, 1.165) is 16.7 Å². The number of nitrogens with zero attached hydrogens (tertiary/aromatic N) is 2. The van der Waals surface area contributed by atoms with E-state index < -0.39 is 17.3 Å². The third-order valence-corrected chi connectivity index (χ3v) is 5.59. The Hall–Kier alpha value is -3.74. The van der Waals surface area contributed by atoms with Gasteiger partial charge in [-0.05, 0) is 62.6 Å². The van der Waals surface area contributed by atoms with E-state index in [4.69, 9.17) is 4.98 Å². The number of carboxylic acids is 1. The van der Waals surface area contributed by atoms with Gasteiger partial charge in [-0.15, -0.1) is 0 Å². The van der Waals surface area contributed by atoms with Gasteiger partial charge in [-0.3, -0.25) is 19.0 Å². The van der Waals surface area contributed by atoms with Gasteiger partial charge in [0.2, 0.25) is 5.91 Å². The summed E-state index contributed by atoms with van der Waals surface area (Å²) in [4.78, 5) is 41.4. The Kier molecular flexibility index (Phi) is 4.97. The van der Waals surface area contributed by atoms with Gasteiger partial charge < -0.3 is 10.4 Å². The third-order valence-electron chi connectivity index (χ3n) is 5.59. The molecule has 1 aromatic heterocycles. The molecule has 3 aromatic rings. The molecule has 0 saturated heterocycles. The first-order valence-electron chi connectivity index (χ1n) is 10.0. The van der Waals surface area contributed by atoms with Crippen LogP contribution in [0.3, 0.4) is 0 Å². The van der Waals surface area contributed by atoms with Crippen molar-refractivity contribution in [1.29, 1.82) is 0 Å². The van der Waals surface area contributed by atoms with E-state index in [0.29, 0.717) is 35.4 Å². The van der Waals surface area contributed by atoms with Crippen LogP contribution < -0.4 is 10.9 Å². The third kappa shape index (κ3) is 3.74. The van der Waals surface area contributed by atoms with E-state index in [-0.39, 0.29) is 5.56 Å². The van der Waals surface area contributed by atoms with E-state index in [2.05, 4.69) is 11.4 Å². The average molecular weight is 417 g/mol. The van der Waals surface area contributed by atoms with Gasteiger partial charge in [0, 0.05) is 12.2 Å². The number of aryl methyl sites for hydroxylation is 1. The number of nitrogens with one attached hydrogen (secondary N) is 1. The number of amides is 1. The molecule has 1 aliphatic rings. The quantitative estimate of drug-likeness (QED) is 0.631. The minimum atomic E-state index is -1.58. The predicted octanol–water partition coefficient (Wildman–Crippen LogP) is 3.70. The molecule has 2 N–H and O–H groups in total. The fourth-order valence-electron chi connectivity index (χ4n) is 3.58. The van der Waals surface area contributed by atoms with E-state index >= 15 is 0 Å². The molecule has 4 rings (SSSR count). The minimum absolute atomic E-state index is 0.128. The molecule has 31 heavy (non-hydrogen) atoms. The summed E-state index contributed by atoms with van der Waals surface area (Å²) in [6, 6.07) is 12.9. The first-order valence-corrected chi connectivity index (χ1v) is 10.0. The second-order valence-electron chi connectivity index (χ2n) is 8.34. The number of hydrogen-bond donors (Lipinski definition) is 2. The van der Waals surface area contributed by atoms with E-state index in [1.54, 1.807) is 22.8 Å². The van der Waals surface area contributed by atoms with Crippen LogP contribution >= 0.6 is 0 Å². The van der Waals surface area contributed by atoms with Gasteiger partial charge in [0.05, 0.1) is 10.9 Å². The van der Waals surface area contributed by atoms with Crippen molar-refractivity contribution < 1.29 is 14.7 Å². The molecular weight excluding hydrogens is 394 g/mol. The monoisotopic (exact) mass is 417 g/mol. The zero-order chi connectivity index (χ0) is 22.3. The molecule has 0 saturated carbocycles. The van der Waals surface area contributed by atoms with Gasteiger partial charge in [0.15, 0.2) is 0 Å². The SMILES string of the molecule is Cc1cccc(/C=C2\CCn3c2nc2cc(NC(=O)C(C)(C)C(=O)O)ccc2c3=O)c1. The molecule has 158 valence electrons. The second kappa shape index (κ2) is 7.50. The number of carboxylic acid groups (broad SMARTS) is 1. The number of carbonyl (C=O) groups is 2. The van der Waals surface area contributed by atoms with E-state index in [9.17, 15) is 19.5 Å². The summed E-state index contributed by atoms with van der Waals surface area (Å²) >= 11 is 0. The average Bonchev–Trinajstić information content (AvgIpc) is 3.10. The van der Waals surface area contributed by atoms with Crippen LogP contribution in [0.1, 0.15) is 37.2 Å². The number of allylic oxidation sites excluding steroid dienone is 1. The summed E-state index contributed by atoms with van der Waals surface area (Å²) in [6.45, 7) is 5.28. The van der Waals surface area contributed by atoms with Crippen molar-refractivity contribution in [3.8, 4) is 0 Å². The summed E-state index contributed by atoms with van der Waals surface area (Å²) in [5.41, 5.74) is 2.33. The number of aliphatic carboxylic acids is 1. The molecule has 0 spiro atoms. The lowest BCUT2D eigenvalue weighted by molar-refractivity contribution is -0.151. The maximum Gasteiger partial charge on any atom is 0.318 e. The normalized spacial score (nSPS) is 14.6. The lowest BCUT2D eigenvalue weighted by Gasteiger charge is -2.18. The Labute approximate surface area is 179 Å². The molecule has 2 aromatic carbocycles. The van der Waals surface area contributed by atoms with Gasteiger partial charge in [0.25, 0.3) is 5.56 Å². The summed E-state index contributed by atoms with van der Waals surface area (Å²) in [5, 5.41) is 12.3. The Morgan fingerprint density at radius 1 is 1.19 bits per heavy atom. The smallest absolute Gasteiger partial charge is 0.318 e. The Balaban J connectivity index is 1.75. The highest BCUT2D eigenvalue weighted by Gasteiger charge is 2.36. The zero-order valence-corrected chi connectivity index (χ0v) is 17.6. The van der Waals surface area contributed by atoms with Crippen molar-refractivity contribution >= 4 is 40.1 Å². The molecular formula is C24H23N3O4. The van der Waals surface area contributed by atoms with Crippen LogP contribution in [0.2, 0.25) is 0 Å². The Morgan fingerprint density at radius 3 is 2.68 bits per heavy atom. The summed E-state index contributed by atoms with van der Waals surface area (Å²) in [6.07, 6.45) is 2.76. The van der Waals surface area contributed by atoms with Crippen molar-refractivity contribution in [2.24, 2.45) is 5.41 Å². The van der Waals surface area contributed by atoms with E-state index in [1.807, 2.05) is 31.2 Å². The predicted molar refractivity (Wildman–Crippen MR) is 120 cm³/mol. The highest BCUT2D eigenvalue weighted by Crippen LogP contribution is 2.28. The largest absolute Gasteiger partial charge is 0.480 e. The second-order valence-corrected chi connectivity index (χ2v) is 8.34. The number of hydrogen-bond acceptors (Lipinski definition) is 4. The fraction of sp³-hybridized carbons (Fsp3) is 0.250. The number of fused-ring (bicyclic) bond motifs is 2. The van der Waals surface area contributed by atoms with Gasteiger partial charge in [-0.2, -0.15) is 0 Å². The van der Waals surface area contributed by atoms with Crippen molar-refractivity contribution in [3.05, 3.63) is 69.8 Å². The molecule has 7 heteroatoms. The molecule has 0 unspecified atom stereocenters. The van der Waals surface area contributed by atoms with E-state index in [1.165, 1.54) is 13.8 Å². The first-order chi connectivity index (χ1) is 14.7. The van der Waals surface area contributed by atoms with Crippen molar-refractivity contribution in [2.45, 2.75) is 33.7 Å². The van der Waals surface area contributed by atoms with Gasteiger partial charge in [-0.1, -0.05) is 29.8 Å². The van der Waals surface area contributed by atoms with Gasteiger partial charge in [-0.25, -0.2) is 4.98 Å². The van der Waals surface area contributed by atoms with Crippen molar-refractivity contribution in [3.63, 3.8) is 0 Å². The maximum atomic E-state index is 13.0. The Bertz CT molecular complexity index is 1320. The van der Waals surface area contributed by atoms with Crippen LogP contribution in [0.5, 0.6) is 0 Å². The lowest BCUT2D eigenvalue weighted by Crippen LogP contribution is -2.37. The summed E-state index contributed by atoms with van der Waals surface area (Å²) < 4.78 is 1.68. The standard InChI is InChI=1S/C24H23N3O4/c1-14-5-4-6-15(11-14)12-16-9-10-27-20(16)26-19-13-17(7-8-18(19)21(27)28)25-22(29)24(2,3)23(30)31/h4-8,11-13H,9-10H2,1-3H3,(H,25,29)(H,30,31)/b16-12+. The maximum absolute atomic E-state index is 13.0. The number of carbonyl (C=O) groups excluding carboxylic acids is 1. The number of rotatable bonds is 4. The van der Waals surface area contributed by atoms with Gasteiger partial charge >= 0.3 is 5.97 Å². The molecule has 0 bridgehead atoms. The summed E-state index contributed by atoms with van der Waals surface area (Å²) in [5.74, 6) is -1.24. The van der Waals surface area contributed by atoms with Crippen LogP contribution in [-0.4, -0.2) is 26.5 Å². The summed E-state index contributed by atoms with van der Waals surface area (Å²) in [7, 11) is 0. The van der Waals surface area contributed by atoms with Gasteiger partial charge in [0.1, 0.15) is 11.2 Å². The molecule has 0 atom stereocenters. The number of aromatic nitrogens is 2. The van der Waals surface area contributed by atoms with Crippen LogP contribution in [-0.2, 0) is 16.1 Å². The molecule has 0 radical (unpaired) electrons. The van der Waals surface area contributed by atoms with Crippen molar-refractivity contribution in [2.75, 3.05) is 5.32 Å². The lowest BCUT2D eigenvalue weighted by atomic mass is 9.92. The minimum Gasteiger partial charge on any atom is -0.480 e. The fourth-order valence-corrected chi connectivity index (χ4v) is 3.58.